The van der Waals surface area contributed by atoms with E-state index in [2.05, 4.69) is 34.6 Å². The minimum atomic E-state index is -0.760. The normalized spacial score (nSPS) is 12.1. The Balaban J connectivity index is 4.33. The molecule has 0 aromatic carbocycles. The third-order valence-electron chi connectivity index (χ3n) is 10.2. The van der Waals surface area contributed by atoms with E-state index < -0.39 is 6.10 Å². The quantitative estimate of drug-likeness (QED) is 0.0354. The van der Waals surface area contributed by atoms with Gasteiger partial charge in [-0.05, 0) is 31.1 Å². The highest BCUT2D eigenvalue weighted by Gasteiger charge is 2.19. The first kappa shape index (κ1) is 50.4. The number of ether oxygens (including phenoxy) is 3. The van der Waals surface area contributed by atoms with Crippen molar-refractivity contribution in [3.05, 3.63) is 0 Å². The molecule has 0 spiro atoms. The Hall–Kier alpha value is -1.59. The van der Waals surface area contributed by atoms with Crippen LogP contribution in [0.15, 0.2) is 0 Å². The Morgan fingerprint density at radius 2 is 0.635 bits per heavy atom. The van der Waals surface area contributed by atoms with Gasteiger partial charge in [0.05, 0.1) is 0 Å². The molecule has 0 aliphatic heterocycles. The van der Waals surface area contributed by atoms with Gasteiger partial charge in [-0.1, -0.05) is 208 Å². The topological polar surface area (TPSA) is 78.9 Å². The number of rotatable bonds is 40. The molecule has 6 heteroatoms. The lowest BCUT2D eigenvalue weighted by Gasteiger charge is -2.18. The van der Waals surface area contributed by atoms with Crippen molar-refractivity contribution in [1.82, 2.24) is 0 Å². The van der Waals surface area contributed by atoms with Gasteiger partial charge in [0.25, 0.3) is 0 Å². The van der Waals surface area contributed by atoms with Crippen LogP contribution in [0.4, 0.5) is 0 Å². The summed E-state index contributed by atoms with van der Waals surface area (Å²) in [5.74, 6) is 0.739. The van der Waals surface area contributed by atoms with E-state index in [0.717, 1.165) is 69.6 Å². The van der Waals surface area contributed by atoms with Gasteiger partial charge in [-0.25, -0.2) is 0 Å². The lowest BCUT2D eigenvalue weighted by Crippen LogP contribution is -2.30. The molecule has 0 N–H and O–H groups in total. The van der Waals surface area contributed by atoms with E-state index in [1.807, 2.05) is 0 Å². The van der Waals surface area contributed by atoms with E-state index in [4.69, 9.17) is 14.2 Å². The molecule has 0 heterocycles. The van der Waals surface area contributed by atoms with Gasteiger partial charge >= 0.3 is 17.9 Å². The predicted molar refractivity (Wildman–Crippen MR) is 220 cm³/mol. The highest BCUT2D eigenvalue weighted by Crippen LogP contribution is 2.16. The van der Waals surface area contributed by atoms with Crippen LogP contribution < -0.4 is 0 Å². The highest BCUT2D eigenvalue weighted by molar-refractivity contribution is 5.71. The second-order valence-corrected chi connectivity index (χ2v) is 16.6. The fourth-order valence-corrected chi connectivity index (χ4v) is 6.75. The third-order valence-corrected chi connectivity index (χ3v) is 10.2. The van der Waals surface area contributed by atoms with Crippen LogP contribution in [0.1, 0.15) is 247 Å². The SMILES string of the molecule is CCCCCCCCCCCCCC(=O)O[C@H](COC(=O)CCCCCCCCCCCCC(C)C)COC(=O)CCCCCCCCCC(C)C. The van der Waals surface area contributed by atoms with E-state index in [0.29, 0.717) is 19.3 Å². The van der Waals surface area contributed by atoms with Gasteiger partial charge in [-0.2, -0.15) is 0 Å². The van der Waals surface area contributed by atoms with Gasteiger partial charge in [0.1, 0.15) is 13.2 Å². The van der Waals surface area contributed by atoms with Crippen LogP contribution in [0.2, 0.25) is 0 Å². The largest absolute Gasteiger partial charge is 0.462 e. The van der Waals surface area contributed by atoms with Gasteiger partial charge in [0, 0.05) is 19.3 Å². The summed E-state index contributed by atoms with van der Waals surface area (Å²) in [5, 5.41) is 0. The molecule has 0 aliphatic rings. The molecule has 0 aromatic rings. The molecule has 52 heavy (non-hydrogen) atoms. The molecule has 0 unspecified atom stereocenters. The van der Waals surface area contributed by atoms with E-state index >= 15 is 0 Å². The van der Waals surface area contributed by atoms with E-state index in [-0.39, 0.29) is 31.1 Å². The zero-order chi connectivity index (χ0) is 38.3. The number of carbonyl (C=O) groups is 3. The monoisotopic (exact) mass is 737 g/mol. The zero-order valence-corrected chi connectivity index (χ0v) is 35.4. The van der Waals surface area contributed by atoms with Gasteiger partial charge in [0.2, 0.25) is 0 Å². The van der Waals surface area contributed by atoms with Gasteiger partial charge < -0.3 is 14.2 Å². The first-order valence-electron chi connectivity index (χ1n) is 22.7. The van der Waals surface area contributed by atoms with Crippen LogP contribution >= 0.6 is 0 Å². The Kier molecular flexibility index (Phi) is 37.9. The van der Waals surface area contributed by atoms with Crippen molar-refractivity contribution in [2.75, 3.05) is 13.2 Å². The van der Waals surface area contributed by atoms with Crippen LogP contribution in [0.5, 0.6) is 0 Å². The van der Waals surface area contributed by atoms with Crippen LogP contribution in [0.3, 0.4) is 0 Å². The standard InChI is InChI=1S/C46H88O6/c1-6-7-8-9-10-11-12-17-22-28-33-38-46(49)52-43(40-51-45(48)37-32-27-23-18-20-25-30-35-42(4)5)39-50-44(47)36-31-26-21-16-14-13-15-19-24-29-34-41(2)3/h41-43H,6-40H2,1-5H3/t43-/m1/s1. The fraction of sp³-hybridized carbons (Fsp3) is 0.935. The maximum atomic E-state index is 12.7. The summed E-state index contributed by atoms with van der Waals surface area (Å²) in [6, 6.07) is 0. The molecule has 308 valence electrons. The van der Waals surface area contributed by atoms with E-state index in [1.54, 1.807) is 0 Å². The molecule has 0 radical (unpaired) electrons. The molecule has 0 saturated carbocycles. The molecule has 0 bridgehead atoms. The van der Waals surface area contributed by atoms with Crippen molar-refractivity contribution in [2.24, 2.45) is 11.8 Å². The molecule has 0 amide bonds. The summed E-state index contributed by atoms with van der Waals surface area (Å²) in [7, 11) is 0. The van der Waals surface area contributed by atoms with Gasteiger partial charge in [-0.3, -0.25) is 14.4 Å². The lowest BCUT2D eigenvalue weighted by atomic mass is 10.0. The minimum absolute atomic E-state index is 0.0654. The summed E-state index contributed by atoms with van der Waals surface area (Å²) in [6.07, 6.45) is 36.6. The number of carbonyl (C=O) groups excluding carboxylic acids is 3. The summed E-state index contributed by atoms with van der Waals surface area (Å²) < 4.78 is 16.7. The Bertz CT molecular complexity index is 794. The Morgan fingerprint density at radius 3 is 0.942 bits per heavy atom. The molecule has 0 aromatic heterocycles. The number of unbranched alkanes of at least 4 members (excludes halogenated alkanes) is 25. The summed E-state index contributed by atoms with van der Waals surface area (Å²) >= 11 is 0. The van der Waals surface area contributed by atoms with Crippen molar-refractivity contribution < 1.29 is 28.6 Å². The molecule has 6 nitrogen and oxygen atoms in total. The molecule has 0 saturated heterocycles. The number of esters is 3. The minimum Gasteiger partial charge on any atom is -0.462 e. The highest BCUT2D eigenvalue weighted by atomic mass is 16.6. The first-order chi connectivity index (χ1) is 25.2. The molecule has 1 atom stereocenters. The average Bonchev–Trinajstić information content (AvgIpc) is 3.11. The second-order valence-electron chi connectivity index (χ2n) is 16.6. The molecule has 0 fully saturated rings. The number of hydrogen-bond donors (Lipinski definition) is 0. The fourth-order valence-electron chi connectivity index (χ4n) is 6.75. The van der Waals surface area contributed by atoms with Crippen LogP contribution in [0, 0.1) is 11.8 Å². The predicted octanol–water partition coefficient (Wildman–Crippen LogP) is 14.2. The van der Waals surface area contributed by atoms with Crippen LogP contribution in [0.25, 0.3) is 0 Å². The van der Waals surface area contributed by atoms with E-state index in [9.17, 15) is 14.4 Å². The molecular weight excluding hydrogens is 648 g/mol. The summed E-state index contributed by atoms with van der Waals surface area (Å²) in [5.41, 5.74) is 0. The van der Waals surface area contributed by atoms with Gasteiger partial charge in [0.15, 0.2) is 6.10 Å². The van der Waals surface area contributed by atoms with Crippen molar-refractivity contribution >= 4 is 17.9 Å². The maximum Gasteiger partial charge on any atom is 0.306 e. The third kappa shape index (κ3) is 39.6. The van der Waals surface area contributed by atoms with Crippen LogP contribution in [-0.2, 0) is 28.6 Å². The molecular formula is C46H88O6. The van der Waals surface area contributed by atoms with Crippen molar-refractivity contribution in [3.63, 3.8) is 0 Å². The Morgan fingerprint density at radius 1 is 0.365 bits per heavy atom. The molecule has 0 aliphatic carbocycles. The summed E-state index contributed by atoms with van der Waals surface area (Å²) in [6.45, 7) is 11.3. The first-order valence-corrected chi connectivity index (χ1v) is 22.7. The Labute approximate surface area is 323 Å². The van der Waals surface area contributed by atoms with Crippen molar-refractivity contribution in [2.45, 2.75) is 253 Å². The lowest BCUT2D eigenvalue weighted by molar-refractivity contribution is -0.167. The second kappa shape index (κ2) is 39.1. The maximum absolute atomic E-state index is 12.7. The van der Waals surface area contributed by atoms with Gasteiger partial charge in [-0.15, -0.1) is 0 Å². The zero-order valence-electron chi connectivity index (χ0n) is 35.4. The average molecular weight is 737 g/mol. The smallest absolute Gasteiger partial charge is 0.306 e. The van der Waals surface area contributed by atoms with Crippen molar-refractivity contribution in [1.29, 1.82) is 0 Å². The molecule has 0 rings (SSSR count). The van der Waals surface area contributed by atoms with Crippen LogP contribution in [-0.4, -0.2) is 37.2 Å². The summed E-state index contributed by atoms with van der Waals surface area (Å²) in [4.78, 5) is 37.7. The van der Waals surface area contributed by atoms with E-state index in [1.165, 1.54) is 135 Å². The number of hydrogen-bond acceptors (Lipinski definition) is 6. The van der Waals surface area contributed by atoms with Crippen molar-refractivity contribution in [3.8, 4) is 0 Å².